The summed E-state index contributed by atoms with van der Waals surface area (Å²) in [6.07, 6.45) is 2.84. The molecular weight excluding hydrogens is 190 g/mol. The van der Waals surface area contributed by atoms with E-state index in [0.29, 0.717) is 5.69 Å². The van der Waals surface area contributed by atoms with E-state index in [1.165, 1.54) is 0 Å². The molecule has 0 fully saturated rings. The third kappa shape index (κ3) is 4.43. The van der Waals surface area contributed by atoms with Gasteiger partial charge in [0, 0.05) is 13.2 Å². The van der Waals surface area contributed by atoms with Crippen molar-refractivity contribution < 1.29 is 5.11 Å². The molecule has 1 aromatic rings. The first kappa shape index (κ1) is 11.5. The van der Waals surface area contributed by atoms with Crippen molar-refractivity contribution in [1.82, 2.24) is 4.98 Å². The molecule has 0 aliphatic carbocycles. The number of hydrogen-bond acceptors (Lipinski definition) is 4. The second-order valence-corrected chi connectivity index (χ2v) is 3.23. The van der Waals surface area contributed by atoms with Gasteiger partial charge in [-0.2, -0.15) is 5.26 Å². The molecule has 15 heavy (non-hydrogen) atoms. The first-order chi connectivity index (χ1) is 7.36. The molecule has 0 unspecified atom stereocenters. The van der Waals surface area contributed by atoms with Gasteiger partial charge in [0.25, 0.3) is 0 Å². The lowest BCUT2D eigenvalue weighted by molar-refractivity contribution is 0.283. The van der Waals surface area contributed by atoms with E-state index in [9.17, 15) is 0 Å². The Bertz CT molecular complexity index is 333. The van der Waals surface area contributed by atoms with Crippen LogP contribution in [0, 0.1) is 11.3 Å². The van der Waals surface area contributed by atoms with Crippen LogP contribution in [0.5, 0.6) is 0 Å². The van der Waals surface area contributed by atoms with E-state index < -0.39 is 0 Å². The maximum absolute atomic E-state index is 8.64. The summed E-state index contributed by atoms with van der Waals surface area (Å²) in [6.45, 7) is 1.07. The molecule has 0 atom stereocenters. The Labute approximate surface area is 89.6 Å². The molecule has 4 nitrogen and oxygen atoms in total. The topological polar surface area (TPSA) is 68.9 Å². The predicted octanol–water partition coefficient (Wildman–Crippen LogP) is 1.53. The zero-order chi connectivity index (χ0) is 10.9. The predicted molar refractivity (Wildman–Crippen MR) is 58.4 cm³/mol. The van der Waals surface area contributed by atoms with Crippen molar-refractivity contribution in [3.8, 4) is 6.07 Å². The highest BCUT2D eigenvalue weighted by atomic mass is 16.2. The minimum absolute atomic E-state index is 0.252. The summed E-state index contributed by atoms with van der Waals surface area (Å²) in [5.74, 6) is 0.734. The summed E-state index contributed by atoms with van der Waals surface area (Å²) in [4.78, 5) is 4.09. The van der Waals surface area contributed by atoms with Crippen LogP contribution in [0.2, 0.25) is 0 Å². The fourth-order valence-corrected chi connectivity index (χ4v) is 1.23. The quantitative estimate of drug-likeness (QED) is 0.691. The largest absolute Gasteiger partial charge is 0.396 e. The number of nitrogens with zero attached hydrogens (tertiary/aromatic N) is 2. The molecular formula is C11H15N3O. The van der Waals surface area contributed by atoms with Crippen molar-refractivity contribution in [2.45, 2.75) is 19.3 Å². The van der Waals surface area contributed by atoms with Gasteiger partial charge in [0.2, 0.25) is 0 Å². The van der Waals surface area contributed by atoms with Gasteiger partial charge in [0.15, 0.2) is 0 Å². The molecule has 1 aromatic heterocycles. The molecule has 1 rings (SSSR count). The monoisotopic (exact) mass is 205 g/mol. The number of unbranched alkanes of at least 4 members (excludes halogenated alkanes) is 2. The number of nitrogens with one attached hydrogen (secondary N) is 1. The molecule has 0 aliphatic heterocycles. The number of hydrogen-bond donors (Lipinski definition) is 2. The van der Waals surface area contributed by atoms with Crippen LogP contribution in [0.3, 0.4) is 0 Å². The minimum Gasteiger partial charge on any atom is -0.396 e. The third-order valence-corrected chi connectivity index (χ3v) is 2.00. The average molecular weight is 205 g/mol. The van der Waals surface area contributed by atoms with Gasteiger partial charge in [0.05, 0.1) is 0 Å². The van der Waals surface area contributed by atoms with Crippen molar-refractivity contribution in [2.75, 3.05) is 18.5 Å². The van der Waals surface area contributed by atoms with Crippen LogP contribution in [0.25, 0.3) is 0 Å². The summed E-state index contributed by atoms with van der Waals surface area (Å²) in [6, 6.07) is 7.32. The normalized spacial score (nSPS) is 9.60. The molecule has 0 bridgehead atoms. The summed E-state index contributed by atoms with van der Waals surface area (Å²) in [5, 5.41) is 20.4. The lowest BCUT2D eigenvalue weighted by Crippen LogP contribution is -2.03. The molecule has 2 N–H and O–H groups in total. The first-order valence-electron chi connectivity index (χ1n) is 5.08. The summed E-state index contributed by atoms with van der Waals surface area (Å²) < 4.78 is 0. The first-order valence-corrected chi connectivity index (χ1v) is 5.08. The third-order valence-electron chi connectivity index (χ3n) is 2.00. The Morgan fingerprint density at radius 2 is 2.20 bits per heavy atom. The maximum Gasteiger partial charge on any atom is 0.142 e. The van der Waals surface area contributed by atoms with Gasteiger partial charge in [0.1, 0.15) is 17.6 Å². The maximum atomic E-state index is 8.64. The van der Waals surface area contributed by atoms with Crippen LogP contribution in [0.4, 0.5) is 5.82 Å². The number of aliphatic hydroxyl groups excluding tert-OH is 1. The van der Waals surface area contributed by atoms with Crippen molar-refractivity contribution >= 4 is 5.82 Å². The Morgan fingerprint density at radius 3 is 2.93 bits per heavy atom. The zero-order valence-electron chi connectivity index (χ0n) is 8.61. The van der Waals surface area contributed by atoms with E-state index in [0.717, 1.165) is 31.6 Å². The van der Waals surface area contributed by atoms with E-state index in [4.69, 9.17) is 10.4 Å². The van der Waals surface area contributed by atoms with E-state index in [2.05, 4.69) is 10.3 Å². The standard InChI is InChI=1S/C11H15N3O/c12-9-10-5-4-6-11(14-10)13-7-2-1-3-8-15/h4-6,15H,1-3,7-8H2,(H,13,14). The van der Waals surface area contributed by atoms with Crippen LogP contribution in [0.1, 0.15) is 25.0 Å². The van der Waals surface area contributed by atoms with Crippen LogP contribution in [-0.2, 0) is 0 Å². The second kappa shape index (κ2) is 6.80. The van der Waals surface area contributed by atoms with Crippen LogP contribution in [-0.4, -0.2) is 23.2 Å². The molecule has 0 amide bonds. The molecule has 0 radical (unpaired) electrons. The molecule has 0 aliphatic rings. The van der Waals surface area contributed by atoms with Crippen LogP contribution >= 0.6 is 0 Å². The number of aliphatic hydroxyl groups is 1. The zero-order valence-corrected chi connectivity index (χ0v) is 8.61. The summed E-state index contributed by atoms with van der Waals surface area (Å²) in [5.41, 5.74) is 0.426. The van der Waals surface area contributed by atoms with E-state index in [1.807, 2.05) is 18.2 Å². The molecule has 0 spiro atoms. The SMILES string of the molecule is N#Cc1cccc(NCCCCCO)n1. The number of pyridine rings is 1. The molecule has 0 aromatic carbocycles. The Morgan fingerprint density at radius 1 is 1.33 bits per heavy atom. The van der Waals surface area contributed by atoms with Crippen LogP contribution in [0.15, 0.2) is 18.2 Å². The Balaban J connectivity index is 2.28. The van der Waals surface area contributed by atoms with Crippen LogP contribution < -0.4 is 5.32 Å². The fourth-order valence-electron chi connectivity index (χ4n) is 1.23. The van der Waals surface area contributed by atoms with Gasteiger partial charge >= 0.3 is 0 Å². The van der Waals surface area contributed by atoms with E-state index in [-0.39, 0.29) is 6.61 Å². The van der Waals surface area contributed by atoms with Crippen molar-refractivity contribution in [1.29, 1.82) is 5.26 Å². The number of anilines is 1. The Hall–Kier alpha value is -1.60. The highest BCUT2D eigenvalue weighted by Gasteiger charge is 1.95. The average Bonchev–Trinajstić information content (AvgIpc) is 2.29. The molecule has 80 valence electrons. The van der Waals surface area contributed by atoms with Gasteiger partial charge in [-0.3, -0.25) is 0 Å². The van der Waals surface area contributed by atoms with Gasteiger partial charge in [-0.05, 0) is 31.4 Å². The van der Waals surface area contributed by atoms with Gasteiger partial charge in [-0.1, -0.05) is 6.07 Å². The minimum atomic E-state index is 0.252. The second-order valence-electron chi connectivity index (χ2n) is 3.23. The molecule has 0 saturated carbocycles. The highest BCUT2D eigenvalue weighted by molar-refractivity contribution is 5.38. The Kier molecular flexibility index (Phi) is 5.20. The molecule has 1 heterocycles. The smallest absolute Gasteiger partial charge is 0.142 e. The number of aromatic nitrogens is 1. The van der Waals surface area contributed by atoms with Crippen molar-refractivity contribution in [3.63, 3.8) is 0 Å². The number of nitriles is 1. The lowest BCUT2D eigenvalue weighted by atomic mass is 10.2. The summed E-state index contributed by atoms with van der Waals surface area (Å²) >= 11 is 0. The van der Waals surface area contributed by atoms with Gasteiger partial charge in [-0.25, -0.2) is 4.98 Å². The van der Waals surface area contributed by atoms with Gasteiger partial charge < -0.3 is 10.4 Å². The highest BCUT2D eigenvalue weighted by Crippen LogP contribution is 2.04. The van der Waals surface area contributed by atoms with E-state index in [1.54, 1.807) is 6.07 Å². The number of rotatable bonds is 6. The van der Waals surface area contributed by atoms with E-state index >= 15 is 0 Å². The van der Waals surface area contributed by atoms with Crippen molar-refractivity contribution in [2.24, 2.45) is 0 Å². The van der Waals surface area contributed by atoms with Gasteiger partial charge in [-0.15, -0.1) is 0 Å². The van der Waals surface area contributed by atoms with Crippen molar-refractivity contribution in [3.05, 3.63) is 23.9 Å². The molecule has 4 heteroatoms. The summed E-state index contributed by atoms with van der Waals surface area (Å²) in [7, 11) is 0. The molecule has 0 saturated heterocycles. The fraction of sp³-hybridized carbons (Fsp3) is 0.455. The lowest BCUT2D eigenvalue weighted by Gasteiger charge is -2.04.